The molecule has 1 aliphatic carbocycles. The minimum Gasteiger partial charge on any atom is -0.456 e. The third-order valence-corrected chi connectivity index (χ3v) is 3.41. The van der Waals surface area contributed by atoms with Gasteiger partial charge in [-0.25, -0.2) is 4.79 Å². The molecule has 1 amide bonds. The third-order valence-electron chi connectivity index (χ3n) is 3.41. The number of esters is 1. The number of hydrogen-bond donors (Lipinski definition) is 1. The molecule has 0 radical (unpaired) electrons. The molecule has 1 N–H and O–H groups in total. The molecule has 1 aromatic rings. The van der Waals surface area contributed by atoms with Gasteiger partial charge < -0.3 is 10.1 Å². The average Bonchev–Trinajstić information content (AvgIpc) is 2.94. The van der Waals surface area contributed by atoms with Crippen LogP contribution in [0.25, 0.3) is 0 Å². The number of hydrogen-bond acceptors (Lipinski definition) is 3. The Morgan fingerprint density at radius 3 is 2.83 bits per heavy atom. The minimum atomic E-state index is -0.530. The second-order valence-electron chi connectivity index (χ2n) is 4.55. The SMILES string of the molecule is O=C(N[C@@H]1C(=O)O[C@@H]2C=CC[C@H]12)c1ccccc1. The van der Waals surface area contributed by atoms with Crippen LogP contribution in [0.1, 0.15) is 16.8 Å². The van der Waals surface area contributed by atoms with Crippen molar-refractivity contribution in [2.75, 3.05) is 0 Å². The first-order chi connectivity index (χ1) is 8.75. The van der Waals surface area contributed by atoms with E-state index in [0.29, 0.717) is 5.56 Å². The van der Waals surface area contributed by atoms with Gasteiger partial charge in [-0.15, -0.1) is 0 Å². The smallest absolute Gasteiger partial charge is 0.329 e. The van der Waals surface area contributed by atoms with E-state index in [-0.39, 0.29) is 23.9 Å². The summed E-state index contributed by atoms with van der Waals surface area (Å²) in [4.78, 5) is 23.7. The molecule has 1 fully saturated rings. The van der Waals surface area contributed by atoms with Gasteiger partial charge in [0.15, 0.2) is 0 Å². The summed E-state index contributed by atoms with van der Waals surface area (Å²) in [5.74, 6) is -0.520. The molecule has 2 aliphatic rings. The Kier molecular flexibility index (Phi) is 2.63. The lowest BCUT2D eigenvalue weighted by Gasteiger charge is -2.15. The molecule has 92 valence electrons. The maximum Gasteiger partial charge on any atom is 0.329 e. The van der Waals surface area contributed by atoms with Crippen LogP contribution in [-0.4, -0.2) is 24.0 Å². The van der Waals surface area contributed by atoms with Crippen LogP contribution in [0.3, 0.4) is 0 Å². The van der Waals surface area contributed by atoms with E-state index in [1.54, 1.807) is 24.3 Å². The summed E-state index contributed by atoms with van der Waals surface area (Å²) in [5, 5.41) is 2.76. The molecular weight excluding hydrogens is 230 g/mol. The van der Waals surface area contributed by atoms with Gasteiger partial charge in [-0.3, -0.25) is 4.79 Å². The minimum absolute atomic E-state index is 0.0464. The topological polar surface area (TPSA) is 55.4 Å². The summed E-state index contributed by atoms with van der Waals surface area (Å²) in [5.41, 5.74) is 0.555. The second kappa shape index (κ2) is 4.29. The summed E-state index contributed by atoms with van der Waals surface area (Å²) < 4.78 is 5.19. The van der Waals surface area contributed by atoms with Crippen molar-refractivity contribution in [3.8, 4) is 0 Å². The Labute approximate surface area is 105 Å². The number of rotatable bonds is 2. The van der Waals surface area contributed by atoms with Crippen molar-refractivity contribution in [3.05, 3.63) is 48.0 Å². The highest BCUT2D eigenvalue weighted by Crippen LogP contribution is 2.32. The van der Waals surface area contributed by atoms with E-state index in [2.05, 4.69) is 5.32 Å². The second-order valence-corrected chi connectivity index (χ2v) is 4.55. The summed E-state index contributed by atoms with van der Waals surface area (Å²) in [7, 11) is 0. The molecule has 3 atom stereocenters. The maximum atomic E-state index is 12.0. The molecule has 0 unspecified atom stereocenters. The van der Waals surface area contributed by atoms with Gasteiger partial charge in [-0.05, 0) is 24.6 Å². The van der Waals surface area contributed by atoms with Crippen LogP contribution in [0.2, 0.25) is 0 Å². The molecule has 3 rings (SSSR count). The van der Waals surface area contributed by atoms with Crippen molar-refractivity contribution < 1.29 is 14.3 Å². The van der Waals surface area contributed by atoms with Gasteiger partial charge in [0.2, 0.25) is 0 Å². The van der Waals surface area contributed by atoms with Gasteiger partial charge in [0.05, 0.1) is 0 Å². The van der Waals surface area contributed by atoms with E-state index in [1.807, 2.05) is 18.2 Å². The van der Waals surface area contributed by atoms with Gasteiger partial charge in [-0.2, -0.15) is 0 Å². The van der Waals surface area contributed by atoms with E-state index in [4.69, 9.17) is 4.74 Å². The highest BCUT2D eigenvalue weighted by Gasteiger charge is 2.45. The zero-order valence-electron chi connectivity index (χ0n) is 9.71. The van der Waals surface area contributed by atoms with Gasteiger partial charge in [0, 0.05) is 11.5 Å². The van der Waals surface area contributed by atoms with E-state index >= 15 is 0 Å². The number of amides is 1. The van der Waals surface area contributed by atoms with Gasteiger partial charge in [0.25, 0.3) is 5.91 Å². The molecule has 4 heteroatoms. The fraction of sp³-hybridized carbons (Fsp3) is 0.286. The van der Waals surface area contributed by atoms with Crippen LogP contribution in [0, 0.1) is 5.92 Å². The lowest BCUT2D eigenvalue weighted by atomic mass is 9.98. The van der Waals surface area contributed by atoms with E-state index in [9.17, 15) is 9.59 Å². The molecule has 1 aromatic carbocycles. The van der Waals surface area contributed by atoms with Crippen LogP contribution >= 0.6 is 0 Å². The molecule has 0 bridgehead atoms. The summed E-state index contributed by atoms with van der Waals surface area (Å²) in [6.07, 6.45) is 4.48. The Balaban J connectivity index is 1.73. The van der Waals surface area contributed by atoms with Crippen molar-refractivity contribution in [2.24, 2.45) is 5.92 Å². The Morgan fingerprint density at radius 1 is 1.28 bits per heavy atom. The molecular formula is C14H13NO3. The highest BCUT2D eigenvalue weighted by atomic mass is 16.6. The van der Waals surface area contributed by atoms with Crippen molar-refractivity contribution in [3.63, 3.8) is 0 Å². The van der Waals surface area contributed by atoms with E-state index in [0.717, 1.165) is 6.42 Å². The first kappa shape index (κ1) is 11.0. The lowest BCUT2D eigenvalue weighted by molar-refractivity contribution is -0.141. The molecule has 0 saturated carbocycles. The zero-order chi connectivity index (χ0) is 12.5. The van der Waals surface area contributed by atoms with Crippen LogP contribution in [0.5, 0.6) is 0 Å². The zero-order valence-corrected chi connectivity index (χ0v) is 9.71. The molecule has 0 aromatic heterocycles. The number of fused-ring (bicyclic) bond motifs is 1. The number of carbonyl (C=O) groups is 2. The predicted octanol–water partition coefficient (Wildman–Crippen LogP) is 1.29. The molecule has 18 heavy (non-hydrogen) atoms. The fourth-order valence-electron chi connectivity index (χ4n) is 2.46. The number of benzene rings is 1. The summed E-state index contributed by atoms with van der Waals surface area (Å²) in [6.45, 7) is 0. The molecule has 4 nitrogen and oxygen atoms in total. The molecule has 1 heterocycles. The average molecular weight is 243 g/mol. The standard InChI is InChI=1S/C14H13NO3/c16-13(9-5-2-1-3-6-9)15-12-10-7-4-8-11(10)18-14(12)17/h1-6,8,10-12H,7H2,(H,15,16)/t10-,11+,12-/m0/s1. The lowest BCUT2D eigenvalue weighted by Crippen LogP contribution is -2.42. The van der Waals surface area contributed by atoms with Crippen LogP contribution in [-0.2, 0) is 9.53 Å². The Morgan fingerprint density at radius 2 is 2.06 bits per heavy atom. The molecule has 1 aliphatic heterocycles. The van der Waals surface area contributed by atoms with Crippen LogP contribution in [0.4, 0.5) is 0 Å². The van der Waals surface area contributed by atoms with Gasteiger partial charge in [-0.1, -0.05) is 24.3 Å². The van der Waals surface area contributed by atoms with Gasteiger partial charge in [0.1, 0.15) is 12.1 Å². The number of allylic oxidation sites excluding steroid dienone is 1. The Bertz CT molecular complexity index is 509. The number of nitrogens with one attached hydrogen (secondary N) is 1. The molecule has 0 spiro atoms. The summed E-state index contributed by atoms with van der Waals surface area (Å²) in [6, 6.07) is 8.35. The largest absolute Gasteiger partial charge is 0.456 e. The fourth-order valence-corrected chi connectivity index (χ4v) is 2.46. The summed E-state index contributed by atoms with van der Waals surface area (Å²) >= 11 is 0. The number of carbonyl (C=O) groups excluding carboxylic acids is 2. The quantitative estimate of drug-likeness (QED) is 0.629. The van der Waals surface area contributed by atoms with Crippen molar-refractivity contribution in [2.45, 2.75) is 18.6 Å². The van der Waals surface area contributed by atoms with Crippen molar-refractivity contribution in [1.82, 2.24) is 5.32 Å². The van der Waals surface area contributed by atoms with Gasteiger partial charge >= 0.3 is 5.97 Å². The maximum absolute atomic E-state index is 12.0. The predicted molar refractivity (Wildman–Crippen MR) is 64.8 cm³/mol. The van der Waals surface area contributed by atoms with Crippen LogP contribution < -0.4 is 5.32 Å². The molecule has 1 saturated heterocycles. The monoisotopic (exact) mass is 243 g/mol. The third kappa shape index (κ3) is 1.79. The van der Waals surface area contributed by atoms with Crippen LogP contribution in [0.15, 0.2) is 42.5 Å². The van der Waals surface area contributed by atoms with E-state index in [1.165, 1.54) is 0 Å². The first-order valence-corrected chi connectivity index (χ1v) is 5.99. The van der Waals surface area contributed by atoms with Crippen molar-refractivity contribution >= 4 is 11.9 Å². The van der Waals surface area contributed by atoms with Crippen molar-refractivity contribution in [1.29, 1.82) is 0 Å². The highest BCUT2D eigenvalue weighted by molar-refractivity contribution is 5.97. The van der Waals surface area contributed by atoms with E-state index < -0.39 is 6.04 Å². The normalized spacial score (nSPS) is 28.9. The Hall–Kier alpha value is -2.10. The first-order valence-electron chi connectivity index (χ1n) is 5.99. The number of ether oxygens (including phenoxy) is 1.